The Kier molecular flexibility index (Phi) is 7.84. The average molecular weight is 342 g/mol. The summed E-state index contributed by atoms with van der Waals surface area (Å²) < 4.78 is 30.1. The Balaban J connectivity index is 2.22. The van der Waals surface area contributed by atoms with Crippen LogP contribution in [0.3, 0.4) is 0 Å². The number of rotatable bonds is 9. The molecule has 0 saturated carbocycles. The molecule has 0 saturated heterocycles. The SMILES string of the molecule is NC(CCCNC(=O)OC/C=C/c1ccccc1)(C(=O)O)C(F)F. The van der Waals surface area contributed by atoms with Crippen molar-refractivity contribution in [2.45, 2.75) is 24.8 Å². The number of amides is 1. The number of hydrogen-bond donors (Lipinski definition) is 3. The van der Waals surface area contributed by atoms with Crippen molar-refractivity contribution in [3.8, 4) is 0 Å². The smallest absolute Gasteiger partial charge is 0.407 e. The van der Waals surface area contributed by atoms with Gasteiger partial charge >= 0.3 is 12.1 Å². The molecule has 0 aliphatic rings. The monoisotopic (exact) mass is 342 g/mol. The van der Waals surface area contributed by atoms with E-state index in [4.69, 9.17) is 15.6 Å². The molecule has 0 bridgehead atoms. The number of nitrogens with one attached hydrogen (secondary N) is 1. The Hall–Kier alpha value is -2.48. The van der Waals surface area contributed by atoms with Gasteiger partial charge in [0, 0.05) is 6.54 Å². The van der Waals surface area contributed by atoms with Gasteiger partial charge in [0.2, 0.25) is 0 Å². The maximum atomic E-state index is 12.6. The van der Waals surface area contributed by atoms with Gasteiger partial charge in [-0.15, -0.1) is 0 Å². The number of ether oxygens (including phenoxy) is 1. The van der Waals surface area contributed by atoms with Crippen LogP contribution < -0.4 is 11.1 Å². The molecule has 1 rings (SSSR count). The molecule has 6 nitrogen and oxygen atoms in total. The van der Waals surface area contributed by atoms with Crippen LogP contribution in [0.4, 0.5) is 13.6 Å². The number of alkyl carbamates (subject to hydrolysis) is 1. The number of carbonyl (C=O) groups is 2. The Labute approximate surface area is 138 Å². The van der Waals surface area contributed by atoms with Crippen LogP contribution in [0.5, 0.6) is 0 Å². The van der Waals surface area contributed by atoms with Crippen molar-refractivity contribution >= 4 is 18.1 Å². The molecular formula is C16H20F2N2O4. The summed E-state index contributed by atoms with van der Waals surface area (Å²) >= 11 is 0. The summed E-state index contributed by atoms with van der Waals surface area (Å²) in [5, 5.41) is 11.1. The van der Waals surface area contributed by atoms with E-state index in [0.717, 1.165) is 5.56 Å². The van der Waals surface area contributed by atoms with E-state index in [2.05, 4.69) is 5.32 Å². The molecule has 0 radical (unpaired) electrons. The number of carbonyl (C=O) groups excluding carboxylic acids is 1. The van der Waals surface area contributed by atoms with Crippen molar-refractivity contribution < 1.29 is 28.2 Å². The van der Waals surface area contributed by atoms with Crippen LogP contribution in [0.15, 0.2) is 36.4 Å². The van der Waals surface area contributed by atoms with Gasteiger partial charge in [0.25, 0.3) is 6.43 Å². The zero-order chi connectivity index (χ0) is 18.0. The topological polar surface area (TPSA) is 102 Å². The third-order valence-electron chi connectivity index (χ3n) is 3.24. The lowest BCUT2D eigenvalue weighted by atomic mass is 9.95. The van der Waals surface area contributed by atoms with E-state index in [1.54, 1.807) is 12.2 Å². The minimum atomic E-state index is -3.19. The van der Waals surface area contributed by atoms with E-state index in [0.29, 0.717) is 0 Å². The minimum Gasteiger partial charge on any atom is -0.480 e. The molecule has 0 fully saturated rings. The fourth-order valence-corrected chi connectivity index (χ4v) is 1.80. The number of carboxylic acid groups (broad SMARTS) is 1. The molecule has 1 amide bonds. The molecule has 1 aromatic carbocycles. The van der Waals surface area contributed by atoms with Crippen LogP contribution in [0, 0.1) is 0 Å². The summed E-state index contributed by atoms with van der Waals surface area (Å²) in [7, 11) is 0. The Morgan fingerprint density at radius 1 is 1.33 bits per heavy atom. The number of alkyl halides is 2. The number of nitrogens with two attached hydrogens (primary N) is 1. The van der Waals surface area contributed by atoms with E-state index in [-0.39, 0.29) is 19.6 Å². The molecule has 8 heteroatoms. The van der Waals surface area contributed by atoms with Gasteiger partial charge in [-0.25, -0.2) is 18.4 Å². The summed E-state index contributed by atoms with van der Waals surface area (Å²) in [5.74, 6) is -1.77. The second-order valence-corrected chi connectivity index (χ2v) is 5.09. The molecule has 1 atom stereocenters. The van der Waals surface area contributed by atoms with Crippen LogP contribution in [0.1, 0.15) is 18.4 Å². The van der Waals surface area contributed by atoms with Crippen LogP contribution in [0.2, 0.25) is 0 Å². The number of carboxylic acids is 1. The standard InChI is InChI=1S/C16H20F2N2O4/c17-13(18)16(19,14(21)22)9-5-10-20-15(23)24-11-4-8-12-6-2-1-3-7-12/h1-4,6-8,13H,5,9-11,19H2,(H,20,23)(H,21,22)/b8-4+. The van der Waals surface area contributed by atoms with E-state index in [9.17, 15) is 18.4 Å². The number of hydrogen-bond acceptors (Lipinski definition) is 4. The predicted octanol–water partition coefficient (Wildman–Crippen LogP) is 2.25. The fourth-order valence-electron chi connectivity index (χ4n) is 1.80. The van der Waals surface area contributed by atoms with Gasteiger partial charge in [0.1, 0.15) is 6.61 Å². The van der Waals surface area contributed by atoms with Crippen molar-refractivity contribution in [3.63, 3.8) is 0 Å². The van der Waals surface area contributed by atoms with E-state index in [1.807, 2.05) is 30.3 Å². The van der Waals surface area contributed by atoms with Crippen molar-refractivity contribution in [1.82, 2.24) is 5.32 Å². The van der Waals surface area contributed by atoms with Crippen molar-refractivity contribution in [1.29, 1.82) is 0 Å². The zero-order valence-corrected chi connectivity index (χ0v) is 13.0. The minimum absolute atomic E-state index is 0.0118. The highest BCUT2D eigenvalue weighted by Crippen LogP contribution is 2.19. The number of aliphatic carboxylic acids is 1. The van der Waals surface area contributed by atoms with Crippen LogP contribution in [-0.2, 0) is 9.53 Å². The van der Waals surface area contributed by atoms with E-state index in [1.165, 1.54) is 0 Å². The second kappa shape index (κ2) is 9.61. The molecule has 0 aliphatic heterocycles. The number of benzene rings is 1. The fraction of sp³-hybridized carbons (Fsp3) is 0.375. The van der Waals surface area contributed by atoms with Gasteiger partial charge in [-0.3, -0.25) is 0 Å². The Bertz CT molecular complexity index is 566. The molecule has 0 aromatic heterocycles. The van der Waals surface area contributed by atoms with Crippen molar-refractivity contribution in [2.24, 2.45) is 5.73 Å². The number of halogens is 2. The van der Waals surface area contributed by atoms with Gasteiger partial charge in [0.05, 0.1) is 0 Å². The highest BCUT2D eigenvalue weighted by molar-refractivity contribution is 5.79. The van der Waals surface area contributed by atoms with Crippen LogP contribution in [0.25, 0.3) is 6.08 Å². The van der Waals surface area contributed by atoms with E-state index >= 15 is 0 Å². The third kappa shape index (κ3) is 6.33. The predicted molar refractivity (Wildman–Crippen MR) is 84.6 cm³/mol. The zero-order valence-electron chi connectivity index (χ0n) is 13.0. The molecule has 1 unspecified atom stereocenters. The van der Waals surface area contributed by atoms with Gasteiger partial charge in [0.15, 0.2) is 5.54 Å². The van der Waals surface area contributed by atoms with Crippen molar-refractivity contribution in [3.05, 3.63) is 42.0 Å². The average Bonchev–Trinajstić information content (AvgIpc) is 2.56. The molecule has 132 valence electrons. The summed E-state index contributed by atoms with van der Waals surface area (Å²) in [6.45, 7) is 0.0356. The quantitative estimate of drug-likeness (QED) is 0.598. The summed E-state index contributed by atoms with van der Waals surface area (Å²) in [6.07, 6.45) is -0.948. The second-order valence-electron chi connectivity index (χ2n) is 5.09. The molecule has 4 N–H and O–H groups in total. The Morgan fingerprint density at radius 3 is 2.58 bits per heavy atom. The molecular weight excluding hydrogens is 322 g/mol. The first-order chi connectivity index (χ1) is 11.4. The van der Waals surface area contributed by atoms with Gasteiger partial charge in [-0.1, -0.05) is 36.4 Å². The molecule has 24 heavy (non-hydrogen) atoms. The molecule has 0 spiro atoms. The highest BCUT2D eigenvalue weighted by atomic mass is 19.3. The lowest BCUT2D eigenvalue weighted by Gasteiger charge is -2.23. The van der Waals surface area contributed by atoms with Gasteiger partial charge in [-0.05, 0) is 24.5 Å². The lowest BCUT2D eigenvalue weighted by Crippen LogP contribution is -2.54. The molecule has 0 aliphatic carbocycles. The molecule has 1 aromatic rings. The maximum absolute atomic E-state index is 12.6. The first-order valence-electron chi connectivity index (χ1n) is 7.29. The maximum Gasteiger partial charge on any atom is 0.407 e. The Morgan fingerprint density at radius 2 is 2.00 bits per heavy atom. The largest absolute Gasteiger partial charge is 0.480 e. The first kappa shape index (κ1) is 19.6. The van der Waals surface area contributed by atoms with E-state index < -0.39 is 30.4 Å². The summed E-state index contributed by atoms with van der Waals surface area (Å²) in [4.78, 5) is 22.1. The third-order valence-corrected chi connectivity index (χ3v) is 3.24. The lowest BCUT2D eigenvalue weighted by molar-refractivity contribution is -0.150. The molecule has 0 heterocycles. The van der Waals surface area contributed by atoms with Gasteiger partial charge in [-0.2, -0.15) is 0 Å². The normalized spacial score (nSPS) is 13.7. The van der Waals surface area contributed by atoms with Gasteiger partial charge < -0.3 is 20.9 Å². The summed E-state index contributed by atoms with van der Waals surface area (Å²) in [5.41, 5.74) is 3.50. The van der Waals surface area contributed by atoms with Crippen LogP contribution in [-0.4, -0.2) is 42.3 Å². The van der Waals surface area contributed by atoms with Crippen molar-refractivity contribution in [2.75, 3.05) is 13.2 Å². The van der Waals surface area contributed by atoms with Crippen LogP contribution >= 0.6 is 0 Å². The first-order valence-corrected chi connectivity index (χ1v) is 7.29. The highest BCUT2D eigenvalue weighted by Gasteiger charge is 2.43. The summed E-state index contributed by atoms with van der Waals surface area (Å²) in [6, 6.07) is 9.42.